The Kier molecular flexibility index (Phi) is 5.50. The van der Waals surface area contributed by atoms with Gasteiger partial charge in [0.15, 0.2) is 5.79 Å². The Morgan fingerprint density at radius 2 is 1.64 bits per heavy atom. The second-order valence-electron chi connectivity index (χ2n) is 13.8. The predicted molar refractivity (Wildman–Crippen MR) is 140 cm³/mol. The van der Waals surface area contributed by atoms with Crippen LogP contribution in [0.15, 0.2) is 35.4 Å². The molecule has 0 aromatic heterocycles. The number of fused-ring (bicyclic) bond motifs is 4. The fourth-order valence-corrected chi connectivity index (χ4v) is 8.60. The van der Waals surface area contributed by atoms with Gasteiger partial charge in [-0.25, -0.2) is 0 Å². The molecule has 1 aromatic rings. The smallest absolute Gasteiger partial charge is 0.171 e. The zero-order chi connectivity index (χ0) is 25.6. The van der Waals surface area contributed by atoms with E-state index < -0.39 is 17.0 Å². The molecule has 3 N–H and O–H groups in total. The summed E-state index contributed by atoms with van der Waals surface area (Å²) in [5, 5.41) is 31.4. The maximum absolute atomic E-state index is 12.2. The van der Waals surface area contributed by atoms with Crippen molar-refractivity contribution in [2.24, 2.45) is 22.7 Å². The molecule has 1 heterocycles. The van der Waals surface area contributed by atoms with Crippen molar-refractivity contribution in [2.45, 2.75) is 102 Å². The molecule has 196 valence electrons. The lowest BCUT2D eigenvalue weighted by molar-refractivity contribution is -0.322. The molecule has 5 unspecified atom stereocenters. The summed E-state index contributed by atoms with van der Waals surface area (Å²) in [7, 11) is 0. The summed E-state index contributed by atoms with van der Waals surface area (Å²) in [4.78, 5) is 0. The molecule has 0 amide bonds. The minimum atomic E-state index is -0.895. The van der Waals surface area contributed by atoms with Gasteiger partial charge < -0.3 is 25.1 Å². The standard InChI is InChI=1S/C31H43NO4/c1-27(2)18-35-31(36-19-27)14-11-25-26-22(9-13-30(25,34)17-31)24-10-12-29(4,33)28(24,3)15-23(26)21-7-5-20(16-32)6-8-21/h5-8,16,22-24,32-34H,9-15,17-19H2,1-4H3/t22?,23-,24?,28?,29?,30?/m1/s1. The lowest BCUT2D eigenvalue weighted by atomic mass is 9.50. The highest BCUT2D eigenvalue weighted by atomic mass is 16.7. The van der Waals surface area contributed by atoms with Gasteiger partial charge in [0.1, 0.15) is 0 Å². The zero-order valence-corrected chi connectivity index (χ0v) is 22.4. The molecule has 1 saturated heterocycles. The summed E-state index contributed by atoms with van der Waals surface area (Å²) in [6.45, 7) is 10.0. The van der Waals surface area contributed by atoms with E-state index in [-0.39, 0.29) is 16.7 Å². The van der Waals surface area contributed by atoms with Crippen LogP contribution in [0.4, 0.5) is 0 Å². The Hall–Kier alpha value is -1.53. The number of hydrogen-bond donors (Lipinski definition) is 3. The highest BCUT2D eigenvalue weighted by Gasteiger charge is 2.63. The molecule has 6 rings (SSSR count). The van der Waals surface area contributed by atoms with E-state index >= 15 is 0 Å². The predicted octanol–water partition coefficient (Wildman–Crippen LogP) is 5.73. The van der Waals surface area contributed by atoms with E-state index in [1.165, 1.54) is 22.9 Å². The van der Waals surface area contributed by atoms with Crippen molar-refractivity contribution in [3.05, 3.63) is 46.5 Å². The third-order valence-electron chi connectivity index (χ3n) is 10.9. The van der Waals surface area contributed by atoms with Crippen molar-refractivity contribution in [3.8, 4) is 0 Å². The van der Waals surface area contributed by atoms with Crippen LogP contribution in [-0.4, -0.2) is 46.6 Å². The number of nitrogens with one attached hydrogen (secondary N) is 1. The van der Waals surface area contributed by atoms with E-state index in [4.69, 9.17) is 14.9 Å². The van der Waals surface area contributed by atoms with E-state index in [9.17, 15) is 10.2 Å². The van der Waals surface area contributed by atoms with Crippen molar-refractivity contribution < 1.29 is 19.7 Å². The number of ether oxygens (including phenoxy) is 2. The first-order valence-electron chi connectivity index (χ1n) is 14.0. The lowest BCUT2D eigenvalue weighted by Gasteiger charge is -2.58. The van der Waals surface area contributed by atoms with Crippen LogP contribution in [0.1, 0.15) is 96.1 Å². The second kappa shape index (κ2) is 7.99. The minimum absolute atomic E-state index is 0.00521. The largest absolute Gasteiger partial charge is 0.390 e. The van der Waals surface area contributed by atoms with Crippen molar-refractivity contribution in [3.63, 3.8) is 0 Å². The molecular weight excluding hydrogens is 450 g/mol. The summed E-state index contributed by atoms with van der Waals surface area (Å²) in [6.07, 6.45) is 7.97. The maximum Gasteiger partial charge on any atom is 0.171 e. The molecule has 5 aliphatic rings. The van der Waals surface area contributed by atoms with Crippen LogP contribution in [0.25, 0.3) is 0 Å². The zero-order valence-electron chi connectivity index (χ0n) is 22.4. The van der Waals surface area contributed by atoms with Gasteiger partial charge in [-0.3, -0.25) is 0 Å². The van der Waals surface area contributed by atoms with Gasteiger partial charge in [-0.1, -0.05) is 50.6 Å². The first kappa shape index (κ1) is 24.8. The Morgan fingerprint density at radius 1 is 0.944 bits per heavy atom. The molecule has 1 aromatic carbocycles. The fraction of sp³-hybridized carbons (Fsp3) is 0.710. The van der Waals surface area contributed by atoms with Crippen LogP contribution in [0.5, 0.6) is 0 Å². The van der Waals surface area contributed by atoms with Gasteiger partial charge in [0.25, 0.3) is 0 Å². The van der Waals surface area contributed by atoms with Gasteiger partial charge in [0.05, 0.1) is 24.4 Å². The molecule has 1 spiro atoms. The van der Waals surface area contributed by atoms with E-state index in [2.05, 4.69) is 32.9 Å². The van der Waals surface area contributed by atoms with Gasteiger partial charge in [0, 0.05) is 35.8 Å². The van der Waals surface area contributed by atoms with Crippen LogP contribution in [0, 0.1) is 28.1 Å². The van der Waals surface area contributed by atoms with Crippen LogP contribution in [0.3, 0.4) is 0 Å². The summed E-state index contributed by atoms with van der Waals surface area (Å²) in [5.74, 6) is 0.323. The third-order valence-corrected chi connectivity index (χ3v) is 10.9. The Labute approximate surface area is 215 Å². The van der Waals surface area contributed by atoms with Crippen molar-refractivity contribution in [1.82, 2.24) is 0 Å². The number of aliphatic hydroxyl groups is 2. The molecule has 6 atom stereocenters. The first-order chi connectivity index (χ1) is 16.9. The topological polar surface area (TPSA) is 82.8 Å². The number of benzene rings is 1. The molecule has 5 nitrogen and oxygen atoms in total. The monoisotopic (exact) mass is 493 g/mol. The van der Waals surface area contributed by atoms with Crippen LogP contribution >= 0.6 is 0 Å². The Balaban J connectivity index is 1.43. The minimum Gasteiger partial charge on any atom is -0.390 e. The average molecular weight is 494 g/mol. The SMILES string of the molecule is CC1(C)COC2(CCC3=C4C(CCC3(O)C2)C2CCC(C)(O)C2(C)C[C@@H]4c2ccc(C=N)cc2)OC1. The fourth-order valence-electron chi connectivity index (χ4n) is 8.60. The van der Waals surface area contributed by atoms with Crippen LogP contribution < -0.4 is 0 Å². The van der Waals surface area contributed by atoms with Crippen molar-refractivity contribution in [2.75, 3.05) is 13.2 Å². The highest BCUT2D eigenvalue weighted by Crippen LogP contribution is 2.67. The van der Waals surface area contributed by atoms with E-state index in [0.717, 1.165) is 50.5 Å². The first-order valence-corrected chi connectivity index (χ1v) is 14.0. The second-order valence-corrected chi connectivity index (χ2v) is 13.8. The van der Waals surface area contributed by atoms with Gasteiger partial charge in [-0.05, 0) is 74.0 Å². The molecule has 1 aliphatic heterocycles. The number of allylic oxidation sites excluding steroid dienone is 1. The third kappa shape index (κ3) is 3.60. The lowest BCUT2D eigenvalue weighted by Crippen LogP contribution is -2.58. The molecule has 3 saturated carbocycles. The summed E-state index contributed by atoms with van der Waals surface area (Å²) < 4.78 is 12.7. The molecule has 0 radical (unpaired) electrons. The van der Waals surface area contributed by atoms with E-state index in [0.29, 0.717) is 31.5 Å². The quantitative estimate of drug-likeness (QED) is 0.363. The Morgan fingerprint density at radius 3 is 2.31 bits per heavy atom. The van der Waals surface area contributed by atoms with Gasteiger partial charge in [0.2, 0.25) is 0 Å². The molecule has 4 fully saturated rings. The summed E-state index contributed by atoms with van der Waals surface area (Å²) in [6, 6.07) is 8.38. The van der Waals surface area contributed by atoms with Crippen molar-refractivity contribution >= 4 is 6.21 Å². The van der Waals surface area contributed by atoms with Crippen LogP contribution in [-0.2, 0) is 9.47 Å². The molecule has 0 bridgehead atoms. The van der Waals surface area contributed by atoms with E-state index in [1.807, 2.05) is 19.1 Å². The van der Waals surface area contributed by atoms with Crippen molar-refractivity contribution in [1.29, 1.82) is 5.41 Å². The molecule has 4 aliphatic carbocycles. The summed E-state index contributed by atoms with van der Waals surface area (Å²) in [5.41, 5.74) is 3.09. The van der Waals surface area contributed by atoms with Gasteiger partial charge in [-0.15, -0.1) is 0 Å². The molecule has 36 heavy (non-hydrogen) atoms. The van der Waals surface area contributed by atoms with Gasteiger partial charge >= 0.3 is 0 Å². The summed E-state index contributed by atoms with van der Waals surface area (Å²) >= 11 is 0. The average Bonchev–Trinajstić information content (AvgIpc) is 3.08. The molecular formula is C31H43NO4. The highest BCUT2D eigenvalue weighted by molar-refractivity contribution is 5.76. The number of hydrogen-bond acceptors (Lipinski definition) is 5. The van der Waals surface area contributed by atoms with Gasteiger partial charge in [-0.2, -0.15) is 0 Å². The normalized spacial score (nSPS) is 43.0. The maximum atomic E-state index is 12.2. The molecule has 5 heteroatoms. The Bertz CT molecular complexity index is 1080. The van der Waals surface area contributed by atoms with Crippen LogP contribution in [0.2, 0.25) is 0 Å². The van der Waals surface area contributed by atoms with E-state index in [1.54, 1.807) is 0 Å². The number of rotatable bonds is 2.